The summed E-state index contributed by atoms with van der Waals surface area (Å²) >= 11 is 0. The van der Waals surface area contributed by atoms with Crippen LogP contribution in [0.15, 0.2) is 97.1 Å². The SMILES string of the molecule is COc1ccc(/C=C(/C(=O)Nc2cccc3ccccc23)c2ccccc2)cc1. The van der Waals surface area contributed by atoms with Crippen LogP contribution in [0, 0.1) is 0 Å². The first-order chi connectivity index (χ1) is 14.2. The Balaban J connectivity index is 1.72. The Bertz CT molecular complexity index is 1160. The number of carbonyl (C=O) groups is 1. The molecule has 0 bridgehead atoms. The number of rotatable bonds is 5. The summed E-state index contributed by atoms with van der Waals surface area (Å²) in [6.45, 7) is 0. The maximum atomic E-state index is 13.3. The predicted octanol–water partition coefficient (Wildman–Crippen LogP) is 6.03. The second-order valence-corrected chi connectivity index (χ2v) is 6.68. The summed E-state index contributed by atoms with van der Waals surface area (Å²) in [7, 11) is 1.64. The Kier molecular flexibility index (Phi) is 5.39. The lowest BCUT2D eigenvalue weighted by Crippen LogP contribution is -2.14. The Morgan fingerprint density at radius 3 is 2.24 bits per heavy atom. The molecule has 0 unspecified atom stereocenters. The van der Waals surface area contributed by atoms with Gasteiger partial charge in [-0.05, 0) is 40.8 Å². The lowest BCUT2D eigenvalue weighted by atomic mass is 10.0. The number of ether oxygens (including phenoxy) is 1. The summed E-state index contributed by atoms with van der Waals surface area (Å²) in [5, 5.41) is 5.20. The third-order valence-electron chi connectivity index (χ3n) is 4.79. The molecule has 0 spiro atoms. The summed E-state index contributed by atoms with van der Waals surface area (Å²) < 4.78 is 5.23. The van der Waals surface area contributed by atoms with Crippen LogP contribution < -0.4 is 10.1 Å². The number of anilines is 1. The van der Waals surface area contributed by atoms with Gasteiger partial charge in [0.15, 0.2) is 0 Å². The Hall–Kier alpha value is -3.85. The first kappa shape index (κ1) is 18.5. The molecule has 1 amide bonds. The molecular formula is C26H21NO2. The fourth-order valence-electron chi connectivity index (χ4n) is 3.29. The quantitative estimate of drug-likeness (QED) is 0.340. The Labute approximate surface area is 170 Å². The number of nitrogens with one attached hydrogen (secondary N) is 1. The van der Waals surface area contributed by atoms with Gasteiger partial charge in [0.25, 0.3) is 5.91 Å². The normalized spacial score (nSPS) is 11.3. The number of benzene rings is 4. The molecule has 0 aliphatic carbocycles. The van der Waals surface area contributed by atoms with E-state index in [2.05, 4.69) is 5.32 Å². The van der Waals surface area contributed by atoms with E-state index in [0.29, 0.717) is 5.57 Å². The maximum Gasteiger partial charge on any atom is 0.256 e. The molecule has 1 N–H and O–H groups in total. The molecule has 4 rings (SSSR count). The second-order valence-electron chi connectivity index (χ2n) is 6.68. The van der Waals surface area contributed by atoms with E-state index in [1.54, 1.807) is 7.11 Å². The van der Waals surface area contributed by atoms with Gasteiger partial charge in [0, 0.05) is 16.6 Å². The van der Waals surface area contributed by atoms with Gasteiger partial charge in [-0.25, -0.2) is 0 Å². The van der Waals surface area contributed by atoms with Gasteiger partial charge in [0.1, 0.15) is 5.75 Å². The van der Waals surface area contributed by atoms with Crippen molar-refractivity contribution in [2.45, 2.75) is 0 Å². The smallest absolute Gasteiger partial charge is 0.256 e. The van der Waals surface area contributed by atoms with E-state index in [0.717, 1.165) is 33.3 Å². The predicted molar refractivity (Wildman–Crippen MR) is 120 cm³/mol. The average Bonchev–Trinajstić information content (AvgIpc) is 2.78. The Morgan fingerprint density at radius 1 is 0.793 bits per heavy atom. The maximum absolute atomic E-state index is 13.3. The number of carbonyl (C=O) groups excluding carboxylic acids is 1. The van der Waals surface area contributed by atoms with Gasteiger partial charge < -0.3 is 10.1 Å². The van der Waals surface area contributed by atoms with Gasteiger partial charge in [0.05, 0.1) is 7.11 Å². The zero-order chi connectivity index (χ0) is 20.1. The summed E-state index contributed by atoms with van der Waals surface area (Å²) in [6.07, 6.45) is 1.90. The van der Waals surface area contributed by atoms with E-state index in [4.69, 9.17) is 4.74 Å². The first-order valence-corrected chi connectivity index (χ1v) is 9.45. The minimum Gasteiger partial charge on any atom is -0.497 e. The summed E-state index contributed by atoms with van der Waals surface area (Å²) in [6, 6.07) is 31.3. The van der Waals surface area contributed by atoms with E-state index < -0.39 is 0 Å². The zero-order valence-corrected chi connectivity index (χ0v) is 16.1. The molecule has 0 atom stereocenters. The molecule has 4 aromatic carbocycles. The van der Waals surface area contributed by atoms with Crippen molar-refractivity contribution in [2.75, 3.05) is 12.4 Å². The van der Waals surface area contributed by atoms with Crippen LogP contribution in [-0.2, 0) is 4.79 Å². The van der Waals surface area contributed by atoms with E-state index in [1.807, 2.05) is 103 Å². The van der Waals surface area contributed by atoms with Crippen molar-refractivity contribution in [3.8, 4) is 5.75 Å². The number of hydrogen-bond donors (Lipinski definition) is 1. The van der Waals surface area contributed by atoms with Crippen molar-refractivity contribution < 1.29 is 9.53 Å². The molecule has 29 heavy (non-hydrogen) atoms. The van der Waals surface area contributed by atoms with Crippen LogP contribution in [0.2, 0.25) is 0 Å². The van der Waals surface area contributed by atoms with Crippen molar-refractivity contribution in [3.63, 3.8) is 0 Å². The lowest BCUT2D eigenvalue weighted by molar-refractivity contribution is -0.111. The number of methoxy groups -OCH3 is 1. The minimum absolute atomic E-state index is 0.150. The monoisotopic (exact) mass is 379 g/mol. The molecule has 0 aliphatic rings. The summed E-state index contributed by atoms with van der Waals surface area (Å²) in [5.41, 5.74) is 3.19. The van der Waals surface area contributed by atoms with E-state index in [-0.39, 0.29) is 5.91 Å². The molecule has 0 heterocycles. The van der Waals surface area contributed by atoms with Gasteiger partial charge in [-0.3, -0.25) is 4.79 Å². The average molecular weight is 379 g/mol. The first-order valence-electron chi connectivity index (χ1n) is 9.45. The van der Waals surface area contributed by atoms with Crippen LogP contribution in [-0.4, -0.2) is 13.0 Å². The fourth-order valence-corrected chi connectivity index (χ4v) is 3.29. The van der Waals surface area contributed by atoms with Crippen LogP contribution >= 0.6 is 0 Å². The van der Waals surface area contributed by atoms with Gasteiger partial charge in [0.2, 0.25) is 0 Å². The third kappa shape index (κ3) is 4.19. The fraction of sp³-hybridized carbons (Fsp3) is 0.0385. The van der Waals surface area contributed by atoms with Gasteiger partial charge in [-0.2, -0.15) is 0 Å². The number of fused-ring (bicyclic) bond motifs is 1. The molecule has 0 aromatic heterocycles. The molecule has 0 fully saturated rings. The van der Waals surface area contributed by atoms with Crippen molar-refractivity contribution >= 4 is 34.0 Å². The van der Waals surface area contributed by atoms with Crippen molar-refractivity contribution in [3.05, 3.63) is 108 Å². The molecule has 0 aliphatic heterocycles. The number of amides is 1. The zero-order valence-electron chi connectivity index (χ0n) is 16.1. The van der Waals surface area contributed by atoms with Crippen LogP contribution in [0.5, 0.6) is 5.75 Å². The van der Waals surface area contributed by atoms with Crippen LogP contribution in [0.3, 0.4) is 0 Å². The van der Waals surface area contributed by atoms with Crippen molar-refractivity contribution in [1.29, 1.82) is 0 Å². The van der Waals surface area contributed by atoms with E-state index >= 15 is 0 Å². The molecule has 3 heteroatoms. The molecule has 142 valence electrons. The van der Waals surface area contributed by atoms with E-state index in [9.17, 15) is 4.79 Å². The van der Waals surface area contributed by atoms with Crippen LogP contribution in [0.25, 0.3) is 22.4 Å². The van der Waals surface area contributed by atoms with Crippen LogP contribution in [0.4, 0.5) is 5.69 Å². The Morgan fingerprint density at radius 2 is 1.48 bits per heavy atom. The molecule has 4 aromatic rings. The van der Waals surface area contributed by atoms with Gasteiger partial charge >= 0.3 is 0 Å². The third-order valence-corrected chi connectivity index (χ3v) is 4.79. The highest BCUT2D eigenvalue weighted by Crippen LogP contribution is 2.26. The molecule has 3 nitrogen and oxygen atoms in total. The van der Waals surface area contributed by atoms with Crippen LogP contribution in [0.1, 0.15) is 11.1 Å². The molecule has 0 saturated carbocycles. The number of hydrogen-bond acceptors (Lipinski definition) is 2. The topological polar surface area (TPSA) is 38.3 Å². The highest BCUT2D eigenvalue weighted by Gasteiger charge is 2.14. The molecule has 0 saturated heterocycles. The molecule has 0 radical (unpaired) electrons. The summed E-state index contributed by atoms with van der Waals surface area (Å²) in [4.78, 5) is 13.3. The standard InChI is InChI=1S/C26H21NO2/c1-29-22-16-14-19(15-17-22)18-24(21-8-3-2-4-9-21)26(28)27-25-13-7-11-20-10-5-6-12-23(20)25/h2-18H,1H3,(H,27,28)/b24-18+. The highest BCUT2D eigenvalue weighted by atomic mass is 16.5. The highest BCUT2D eigenvalue weighted by molar-refractivity contribution is 6.30. The lowest BCUT2D eigenvalue weighted by Gasteiger charge is -2.12. The van der Waals surface area contributed by atoms with Crippen molar-refractivity contribution in [2.24, 2.45) is 0 Å². The summed E-state index contributed by atoms with van der Waals surface area (Å²) in [5.74, 6) is 0.631. The van der Waals surface area contributed by atoms with Gasteiger partial charge in [-0.15, -0.1) is 0 Å². The van der Waals surface area contributed by atoms with Gasteiger partial charge in [-0.1, -0.05) is 78.9 Å². The van der Waals surface area contributed by atoms with E-state index in [1.165, 1.54) is 0 Å². The second kappa shape index (κ2) is 8.44. The molecular weight excluding hydrogens is 358 g/mol. The minimum atomic E-state index is -0.150. The van der Waals surface area contributed by atoms with Crippen molar-refractivity contribution in [1.82, 2.24) is 0 Å². The largest absolute Gasteiger partial charge is 0.497 e.